The molecule has 0 spiro atoms. The highest BCUT2D eigenvalue weighted by Gasteiger charge is 2.22. The molecule has 2 aromatic rings. The fourth-order valence-corrected chi connectivity index (χ4v) is 2.61. The Labute approximate surface area is 140 Å². The van der Waals surface area contributed by atoms with Crippen LogP contribution in [0.2, 0.25) is 0 Å². The average molecular weight is 322 g/mol. The van der Waals surface area contributed by atoms with Gasteiger partial charge >= 0.3 is 0 Å². The van der Waals surface area contributed by atoms with E-state index in [9.17, 15) is 4.79 Å². The maximum absolute atomic E-state index is 12.3. The number of nitrogens with one attached hydrogen (secondary N) is 1. The average Bonchev–Trinajstić information content (AvgIpc) is 2.95. The van der Waals surface area contributed by atoms with Crippen LogP contribution >= 0.6 is 0 Å². The molecule has 0 aromatic heterocycles. The number of nitrogens with zero attached hydrogens (tertiary/aromatic N) is 1. The zero-order chi connectivity index (χ0) is 17.1. The van der Waals surface area contributed by atoms with Gasteiger partial charge in [0, 0.05) is 11.1 Å². The molecule has 0 fully saturated rings. The Kier molecular flexibility index (Phi) is 4.33. The van der Waals surface area contributed by atoms with Crippen molar-refractivity contribution in [3.63, 3.8) is 0 Å². The molecule has 0 radical (unpaired) electrons. The summed E-state index contributed by atoms with van der Waals surface area (Å²) in [4.78, 5) is 16.7. The standard InChI is InChI=1S/C19H18N2O3/c1-12-7-4-5-9-14(12)18-20-15(19(22)21-18)11-13-8-6-10-16(23-2)17(13)24-3/h4-11H,1-3H3,(H,20,21,22)/b15-11+. The first kappa shape index (κ1) is 15.8. The van der Waals surface area contributed by atoms with Crippen molar-refractivity contribution in [2.75, 3.05) is 14.2 Å². The molecule has 0 aliphatic carbocycles. The number of methoxy groups -OCH3 is 2. The maximum Gasteiger partial charge on any atom is 0.275 e. The van der Waals surface area contributed by atoms with Crippen molar-refractivity contribution in [2.45, 2.75) is 6.92 Å². The van der Waals surface area contributed by atoms with Crippen LogP contribution in [0.5, 0.6) is 11.5 Å². The molecule has 1 aliphatic rings. The lowest BCUT2D eigenvalue weighted by atomic mass is 10.1. The number of hydrogen-bond donors (Lipinski definition) is 1. The Morgan fingerprint density at radius 2 is 1.83 bits per heavy atom. The molecule has 122 valence electrons. The lowest BCUT2D eigenvalue weighted by Gasteiger charge is -2.09. The number of benzene rings is 2. The highest BCUT2D eigenvalue weighted by atomic mass is 16.5. The van der Waals surface area contributed by atoms with E-state index in [2.05, 4.69) is 10.3 Å². The van der Waals surface area contributed by atoms with Crippen LogP contribution < -0.4 is 14.8 Å². The van der Waals surface area contributed by atoms with E-state index >= 15 is 0 Å². The Balaban J connectivity index is 2.03. The minimum absolute atomic E-state index is 0.238. The Bertz CT molecular complexity index is 853. The summed E-state index contributed by atoms with van der Waals surface area (Å²) in [6.45, 7) is 1.98. The lowest BCUT2D eigenvalue weighted by molar-refractivity contribution is -0.115. The van der Waals surface area contributed by atoms with Gasteiger partial charge in [-0.15, -0.1) is 0 Å². The van der Waals surface area contributed by atoms with Crippen LogP contribution in [0, 0.1) is 6.92 Å². The zero-order valence-corrected chi connectivity index (χ0v) is 13.8. The number of aliphatic imine (C=N–C) groups is 1. The smallest absolute Gasteiger partial charge is 0.275 e. The summed E-state index contributed by atoms with van der Waals surface area (Å²) >= 11 is 0. The van der Waals surface area contributed by atoms with Gasteiger partial charge in [0.2, 0.25) is 0 Å². The van der Waals surface area contributed by atoms with Crippen LogP contribution in [0.15, 0.2) is 53.2 Å². The molecule has 0 saturated carbocycles. The van der Waals surface area contributed by atoms with Crippen LogP contribution in [0.3, 0.4) is 0 Å². The SMILES string of the molecule is COc1cccc(/C=C2/N=C(c3ccccc3C)NC2=O)c1OC. The first-order chi connectivity index (χ1) is 11.6. The van der Waals surface area contributed by atoms with Gasteiger partial charge in [0.15, 0.2) is 11.5 Å². The lowest BCUT2D eigenvalue weighted by Crippen LogP contribution is -2.25. The molecule has 0 saturated heterocycles. The van der Waals surface area contributed by atoms with E-state index in [4.69, 9.17) is 9.47 Å². The van der Waals surface area contributed by atoms with Crippen molar-refractivity contribution in [2.24, 2.45) is 4.99 Å². The summed E-state index contributed by atoms with van der Waals surface area (Å²) < 4.78 is 10.7. The molecule has 1 heterocycles. The van der Waals surface area contributed by atoms with E-state index in [1.165, 1.54) is 0 Å². The van der Waals surface area contributed by atoms with E-state index in [1.807, 2.05) is 43.3 Å². The van der Waals surface area contributed by atoms with Gasteiger partial charge in [0.25, 0.3) is 5.91 Å². The molecule has 1 aliphatic heterocycles. The number of para-hydroxylation sites is 1. The van der Waals surface area contributed by atoms with Crippen LogP contribution in [-0.2, 0) is 4.79 Å². The molecule has 3 rings (SSSR count). The normalized spacial score (nSPS) is 15.2. The highest BCUT2D eigenvalue weighted by Crippen LogP contribution is 2.32. The van der Waals surface area contributed by atoms with E-state index in [0.717, 1.165) is 16.7 Å². The second-order valence-electron chi connectivity index (χ2n) is 5.34. The second kappa shape index (κ2) is 6.58. The Hall–Kier alpha value is -3.08. The third kappa shape index (κ3) is 2.88. The van der Waals surface area contributed by atoms with Gasteiger partial charge in [-0.3, -0.25) is 4.79 Å². The van der Waals surface area contributed by atoms with Crippen molar-refractivity contribution >= 4 is 17.8 Å². The molecule has 0 bridgehead atoms. The number of carbonyl (C=O) groups is 1. The van der Waals surface area contributed by atoms with Crippen molar-refractivity contribution in [1.29, 1.82) is 0 Å². The predicted octanol–water partition coefficient (Wildman–Crippen LogP) is 2.93. The number of aryl methyl sites for hydroxylation is 1. The van der Waals surface area contributed by atoms with Crippen LogP contribution in [0.4, 0.5) is 0 Å². The highest BCUT2D eigenvalue weighted by molar-refractivity contribution is 6.20. The first-order valence-electron chi connectivity index (χ1n) is 7.52. The van der Waals surface area contributed by atoms with Gasteiger partial charge in [0.1, 0.15) is 11.5 Å². The molecule has 0 atom stereocenters. The van der Waals surface area contributed by atoms with Crippen molar-refractivity contribution in [3.05, 3.63) is 64.9 Å². The van der Waals surface area contributed by atoms with E-state index in [0.29, 0.717) is 23.0 Å². The molecule has 0 unspecified atom stereocenters. The minimum Gasteiger partial charge on any atom is -0.493 e. The summed E-state index contributed by atoms with van der Waals surface area (Å²) in [5.41, 5.74) is 3.03. The van der Waals surface area contributed by atoms with Crippen molar-refractivity contribution < 1.29 is 14.3 Å². The maximum atomic E-state index is 12.3. The number of amidine groups is 1. The monoisotopic (exact) mass is 322 g/mol. The van der Waals surface area contributed by atoms with Gasteiger partial charge in [-0.1, -0.05) is 36.4 Å². The number of amides is 1. The van der Waals surface area contributed by atoms with Crippen LogP contribution in [0.1, 0.15) is 16.7 Å². The molecule has 24 heavy (non-hydrogen) atoms. The van der Waals surface area contributed by atoms with Gasteiger partial charge < -0.3 is 14.8 Å². The number of hydrogen-bond acceptors (Lipinski definition) is 4. The molecule has 1 amide bonds. The van der Waals surface area contributed by atoms with E-state index in [1.54, 1.807) is 26.4 Å². The fraction of sp³-hybridized carbons (Fsp3) is 0.158. The summed E-state index contributed by atoms with van der Waals surface area (Å²) in [5, 5.41) is 2.82. The van der Waals surface area contributed by atoms with Gasteiger partial charge in [-0.25, -0.2) is 4.99 Å². The third-order valence-corrected chi connectivity index (χ3v) is 3.82. The Morgan fingerprint density at radius 1 is 1.04 bits per heavy atom. The van der Waals surface area contributed by atoms with Crippen molar-refractivity contribution in [1.82, 2.24) is 5.32 Å². The summed E-state index contributed by atoms with van der Waals surface area (Å²) in [7, 11) is 3.14. The topological polar surface area (TPSA) is 59.9 Å². The number of carbonyl (C=O) groups excluding carboxylic acids is 1. The summed E-state index contributed by atoms with van der Waals surface area (Å²) in [5.74, 6) is 1.50. The largest absolute Gasteiger partial charge is 0.493 e. The number of rotatable bonds is 4. The number of ether oxygens (including phenoxy) is 2. The van der Waals surface area contributed by atoms with Crippen molar-refractivity contribution in [3.8, 4) is 11.5 Å². The van der Waals surface area contributed by atoms with Gasteiger partial charge in [0.05, 0.1) is 14.2 Å². The Morgan fingerprint density at radius 3 is 2.54 bits per heavy atom. The minimum atomic E-state index is -0.238. The summed E-state index contributed by atoms with van der Waals surface area (Å²) in [6.07, 6.45) is 1.70. The van der Waals surface area contributed by atoms with E-state index < -0.39 is 0 Å². The molecule has 5 heteroatoms. The predicted molar refractivity (Wildman–Crippen MR) is 93.4 cm³/mol. The molecule has 5 nitrogen and oxygen atoms in total. The molecule has 2 aromatic carbocycles. The van der Waals surface area contributed by atoms with Gasteiger partial charge in [-0.05, 0) is 24.6 Å². The molecular formula is C19H18N2O3. The third-order valence-electron chi connectivity index (χ3n) is 3.82. The quantitative estimate of drug-likeness (QED) is 0.881. The van der Waals surface area contributed by atoms with Gasteiger partial charge in [-0.2, -0.15) is 0 Å². The van der Waals surface area contributed by atoms with E-state index in [-0.39, 0.29) is 5.91 Å². The zero-order valence-electron chi connectivity index (χ0n) is 13.8. The second-order valence-corrected chi connectivity index (χ2v) is 5.34. The van der Waals surface area contributed by atoms with Crippen LogP contribution in [-0.4, -0.2) is 26.0 Å². The fourth-order valence-electron chi connectivity index (χ4n) is 2.61. The molecular weight excluding hydrogens is 304 g/mol. The molecule has 1 N–H and O–H groups in total. The summed E-state index contributed by atoms with van der Waals surface area (Å²) in [6, 6.07) is 13.3. The first-order valence-corrected chi connectivity index (χ1v) is 7.52. The van der Waals surface area contributed by atoms with Crippen LogP contribution in [0.25, 0.3) is 6.08 Å².